The molecule has 1 aromatic rings. The molecule has 0 aromatic heterocycles. The third kappa shape index (κ3) is 5.33. The summed E-state index contributed by atoms with van der Waals surface area (Å²) in [7, 11) is 0. The highest BCUT2D eigenvalue weighted by Crippen LogP contribution is 2.14. The Morgan fingerprint density at radius 2 is 1.68 bits per heavy atom. The Balaban J connectivity index is 2.53. The number of hydrogen-bond acceptors (Lipinski definition) is 5. The van der Waals surface area contributed by atoms with Crippen molar-refractivity contribution in [2.75, 3.05) is 6.61 Å². The second kappa shape index (κ2) is 7.31. The van der Waals surface area contributed by atoms with Crippen molar-refractivity contribution >= 4 is 17.7 Å². The van der Waals surface area contributed by atoms with Crippen LogP contribution in [0.5, 0.6) is 5.75 Å². The van der Waals surface area contributed by atoms with E-state index >= 15 is 0 Å². The molecule has 0 aliphatic carbocycles. The number of rotatable bonds is 6. The Bertz CT molecular complexity index is 461. The largest absolute Gasteiger partial charge is 0.466 e. The molecule has 0 heterocycles. The van der Waals surface area contributed by atoms with E-state index in [1.54, 1.807) is 31.2 Å². The number of benzene rings is 1. The maximum absolute atomic E-state index is 11.8. The van der Waals surface area contributed by atoms with Gasteiger partial charge < -0.3 is 9.47 Å². The molecule has 5 heteroatoms. The highest BCUT2D eigenvalue weighted by Gasteiger charge is 2.10. The Morgan fingerprint density at radius 1 is 1.05 bits per heavy atom. The Morgan fingerprint density at radius 3 is 2.21 bits per heavy atom. The van der Waals surface area contributed by atoms with Crippen LogP contribution < -0.4 is 4.74 Å². The Kier molecular flexibility index (Phi) is 5.73. The summed E-state index contributed by atoms with van der Waals surface area (Å²) in [4.78, 5) is 33.6. The van der Waals surface area contributed by atoms with Crippen LogP contribution in [-0.4, -0.2) is 24.3 Å². The van der Waals surface area contributed by atoms with Gasteiger partial charge >= 0.3 is 11.9 Å². The van der Waals surface area contributed by atoms with Gasteiger partial charge in [-0.3, -0.25) is 14.4 Å². The summed E-state index contributed by atoms with van der Waals surface area (Å²) >= 11 is 0. The van der Waals surface area contributed by atoms with E-state index in [-0.39, 0.29) is 24.6 Å². The molecule has 0 atom stereocenters. The summed E-state index contributed by atoms with van der Waals surface area (Å²) in [6.45, 7) is 3.33. The molecule has 0 bridgehead atoms. The van der Waals surface area contributed by atoms with Crippen molar-refractivity contribution in [2.24, 2.45) is 0 Å². The van der Waals surface area contributed by atoms with Crippen LogP contribution in [0.2, 0.25) is 0 Å². The summed E-state index contributed by atoms with van der Waals surface area (Å²) in [6.07, 6.45) is 0.171. The van der Waals surface area contributed by atoms with Gasteiger partial charge in [-0.25, -0.2) is 0 Å². The van der Waals surface area contributed by atoms with Crippen LogP contribution in [-0.2, 0) is 14.3 Å². The van der Waals surface area contributed by atoms with E-state index in [9.17, 15) is 14.4 Å². The van der Waals surface area contributed by atoms with E-state index in [1.807, 2.05) is 0 Å². The minimum Gasteiger partial charge on any atom is -0.466 e. The van der Waals surface area contributed by atoms with Crippen LogP contribution in [0.1, 0.15) is 37.0 Å². The van der Waals surface area contributed by atoms with E-state index in [0.29, 0.717) is 17.9 Å². The second-order valence-electron chi connectivity index (χ2n) is 3.85. The van der Waals surface area contributed by atoms with E-state index in [1.165, 1.54) is 6.92 Å². The number of carbonyl (C=O) groups is 3. The summed E-state index contributed by atoms with van der Waals surface area (Å²) < 4.78 is 9.60. The zero-order valence-electron chi connectivity index (χ0n) is 11.0. The average Bonchev–Trinajstić information content (AvgIpc) is 2.36. The van der Waals surface area contributed by atoms with Crippen LogP contribution in [0.4, 0.5) is 0 Å². The molecule has 0 radical (unpaired) electrons. The van der Waals surface area contributed by atoms with Crippen molar-refractivity contribution in [3.63, 3.8) is 0 Å². The van der Waals surface area contributed by atoms with Crippen LogP contribution in [0.15, 0.2) is 24.3 Å². The molecule has 102 valence electrons. The highest BCUT2D eigenvalue weighted by atomic mass is 16.5. The predicted octanol–water partition coefficient (Wildman–Crippen LogP) is 2.14. The summed E-state index contributed by atoms with van der Waals surface area (Å²) in [5.41, 5.74) is 0.472. The molecular weight excluding hydrogens is 248 g/mol. The molecular formula is C14H16O5. The van der Waals surface area contributed by atoms with Crippen molar-refractivity contribution < 1.29 is 23.9 Å². The van der Waals surface area contributed by atoms with Crippen molar-refractivity contribution in [3.05, 3.63) is 29.8 Å². The lowest BCUT2D eigenvalue weighted by atomic mass is 10.1. The highest BCUT2D eigenvalue weighted by molar-refractivity contribution is 5.97. The minimum atomic E-state index is -0.415. The first kappa shape index (κ1) is 14.9. The van der Waals surface area contributed by atoms with Crippen LogP contribution in [0.25, 0.3) is 0 Å². The quantitative estimate of drug-likeness (QED) is 0.447. The number of hydrogen-bond donors (Lipinski definition) is 0. The summed E-state index contributed by atoms with van der Waals surface area (Å²) in [6, 6.07) is 6.20. The van der Waals surface area contributed by atoms with Crippen LogP contribution >= 0.6 is 0 Å². The molecule has 0 saturated carbocycles. The molecule has 0 saturated heterocycles. The average molecular weight is 264 g/mol. The molecule has 0 aliphatic heterocycles. The van der Waals surface area contributed by atoms with Gasteiger partial charge in [0.1, 0.15) is 5.75 Å². The van der Waals surface area contributed by atoms with Gasteiger partial charge in [-0.15, -0.1) is 0 Å². The lowest BCUT2D eigenvalue weighted by Gasteiger charge is -2.04. The first-order valence-electron chi connectivity index (χ1n) is 6.00. The normalized spacial score (nSPS) is 9.79. The van der Waals surface area contributed by atoms with E-state index in [0.717, 1.165) is 0 Å². The monoisotopic (exact) mass is 264 g/mol. The third-order valence-electron chi connectivity index (χ3n) is 2.30. The first-order chi connectivity index (χ1) is 9.02. The van der Waals surface area contributed by atoms with Gasteiger partial charge in [0.2, 0.25) is 0 Å². The molecule has 0 aliphatic rings. The molecule has 0 fully saturated rings. The second-order valence-corrected chi connectivity index (χ2v) is 3.85. The van der Waals surface area contributed by atoms with Crippen molar-refractivity contribution in [1.29, 1.82) is 0 Å². The summed E-state index contributed by atoms with van der Waals surface area (Å²) in [5.74, 6) is -0.564. The van der Waals surface area contributed by atoms with E-state index < -0.39 is 5.97 Å². The number of ketones is 1. The van der Waals surface area contributed by atoms with Crippen LogP contribution in [0, 0.1) is 0 Å². The standard InChI is InChI=1S/C14H16O5/c1-3-18-14(17)9-8-13(16)11-4-6-12(7-5-11)19-10(2)15/h4-7H,3,8-9H2,1-2H3. The Labute approximate surface area is 111 Å². The lowest BCUT2D eigenvalue weighted by molar-refractivity contribution is -0.143. The fourth-order valence-corrected chi connectivity index (χ4v) is 1.47. The number of ether oxygens (including phenoxy) is 2. The van der Waals surface area contributed by atoms with Gasteiger partial charge in [-0.2, -0.15) is 0 Å². The molecule has 0 amide bonds. The molecule has 0 N–H and O–H groups in total. The van der Waals surface area contributed by atoms with Gasteiger partial charge in [0.25, 0.3) is 0 Å². The van der Waals surface area contributed by atoms with Crippen molar-refractivity contribution in [1.82, 2.24) is 0 Å². The Hall–Kier alpha value is -2.17. The van der Waals surface area contributed by atoms with Gasteiger partial charge in [0.05, 0.1) is 13.0 Å². The number of esters is 2. The maximum Gasteiger partial charge on any atom is 0.308 e. The minimum absolute atomic E-state index is 0.0678. The topological polar surface area (TPSA) is 69.7 Å². The fraction of sp³-hybridized carbons (Fsp3) is 0.357. The number of Topliss-reactive ketones (excluding diaryl/α,β-unsaturated/α-hetero) is 1. The first-order valence-corrected chi connectivity index (χ1v) is 6.00. The van der Waals surface area contributed by atoms with Crippen molar-refractivity contribution in [2.45, 2.75) is 26.7 Å². The van der Waals surface area contributed by atoms with E-state index in [2.05, 4.69) is 0 Å². The lowest BCUT2D eigenvalue weighted by Crippen LogP contribution is -2.08. The smallest absolute Gasteiger partial charge is 0.308 e. The molecule has 1 rings (SSSR count). The molecule has 0 unspecified atom stereocenters. The van der Waals surface area contributed by atoms with E-state index in [4.69, 9.17) is 9.47 Å². The molecule has 0 spiro atoms. The third-order valence-corrected chi connectivity index (χ3v) is 2.30. The van der Waals surface area contributed by atoms with Gasteiger partial charge in [-0.05, 0) is 31.2 Å². The summed E-state index contributed by atoms with van der Waals surface area (Å²) in [5, 5.41) is 0. The number of carbonyl (C=O) groups excluding carboxylic acids is 3. The van der Waals surface area contributed by atoms with Gasteiger partial charge in [0, 0.05) is 18.9 Å². The zero-order valence-corrected chi connectivity index (χ0v) is 11.0. The van der Waals surface area contributed by atoms with Gasteiger partial charge in [0.15, 0.2) is 5.78 Å². The predicted molar refractivity (Wildman–Crippen MR) is 67.9 cm³/mol. The van der Waals surface area contributed by atoms with Crippen LogP contribution in [0.3, 0.4) is 0 Å². The maximum atomic E-state index is 11.8. The SMILES string of the molecule is CCOC(=O)CCC(=O)c1ccc(OC(C)=O)cc1. The van der Waals surface area contributed by atoms with Gasteiger partial charge in [-0.1, -0.05) is 0 Å². The molecule has 19 heavy (non-hydrogen) atoms. The fourth-order valence-electron chi connectivity index (χ4n) is 1.47. The molecule has 5 nitrogen and oxygen atoms in total. The van der Waals surface area contributed by atoms with Crippen molar-refractivity contribution in [3.8, 4) is 5.75 Å². The molecule has 1 aromatic carbocycles. The zero-order chi connectivity index (χ0) is 14.3.